The van der Waals surface area contributed by atoms with Crippen molar-refractivity contribution >= 4 is 20.5 Å². The maximum absolute atomic E-state index is 6.29. The molecule has 0 aliphatic rings. The summed E-state index contributed by atoms with van der Waals surface area (Å²) < 4.78 is 25.1. The predicted molar refractivity (Wildman–Crippen MR) is 89.1 cm³/mol. The summed E-state index contributed by atoms with van der Waals surface area (Å²) in [6.45, 7) is 24.0. The zero-order valence-corrected chi connectivity index (χ0v) is 18.6. The van der Waals surface area contributed by atoms with Crippen molar-refractivity contribution in [2.75, 3.05) is 0 Å². The summed E-state index contributed by atoms with van der Waals surface area (Å²) in [7, 11) is 0. The molecular weight excluding hydrogens is 378 g/mol. The van der Waals surface area contributed by atoms with Crippen LogP contribution in [-0.2, 0) is 12.1 Å². The molecular formula is C16H36O4Sb. The Morgan fingerprint density at radius 1 is 0.381 bits per heavy atom. The maximum atomic E-state index is 6.29. The molecule has 5 heteroatoms. The van der Waals surface area contributed by atoms with Gasteiger partial charge in [0.1, 0.15) is 0 Å². The average molecular weight is 414 g/mol. The van der Waals surface area contributed by atoms with Gasteiger partial charge in [-0.3, -0.25) is 0 Å². The molecule has 0 saturated carbocycles. The van der Waals surface area contributed by atoms with E-state index in [4.69, 9.17) is 12.1 Å². The van der Waals surface area contributed by atoms with Crippen LogP contribution < -0.4 is 0 Å². The van der Waals surface area contributed by atoms with Crippen LogP contribution in [0.3, 0.4) is 0 Å². The molecule has 0 fully saturated rings. The molecule has 0 atom stereocenters. The molecule has 0 bridgehead atoms. The molecule has 0 aromatic carbocycles. The number of rotatable bonds is 4. The first-order valence-electron chi connectivity index (χ1n) is 7.55. The second-order valence-electron chi connectivity index (χ2n) is 9.26. The van der Waals surface area contributed by atoms with Crippen molar-refractivity contribution in [3.8, 4) is 0 Å². The Kier molecular flexibility index (Phi) is 6.85. The monoisotopic (exact) mass is 413 g/mol. The molecule has 0 aromatic heterocycles. The van der Waals surface area contributed by atoms with Crippen LogP contribution in [0.1, 0.15) is 83.1 Å². The van der Waals surface area contributed by atoms with Gasteiger partial charge in [-0.25, -0.2) is 0 Å². The van der Waals surface area contributed by atoms with Gasteiger partial charge in [0, 0.05) is 0 Å². The third-order valence-corrected chi connectivity index (χ3v) is 10.3. The van der Waals surface area contributed by atoms with E-state index in [1.807, 2.05) is 83.1 Å². The van der Waals surface area contributed by atoms with Crippen LogP contribution in [0.2, 0.25) is 0 Å². The normalized spacial score (nSPS) is 15.4. The zero-order valence-electron chi connectivity index (χ0n) is 16.1. The fourth-order valence-corrected chi connectivity index (χ4v) is 9.75. The fraction of sp³-hybridized carbons (Fsp3) is 1.00. The van der Waals surface area contributed by atoms with E-state index in [0.717, 1.165) is 0 Å². The van der Waals surface area contributed by atoms with Gasteiger partial charge < -0.3 is 0 Å². The third-order valence-electron chi connectivity index (χ3n) is 1.54. The molecule has 0 heterocycles. The van der Waals surface area contributed by atoms with Crippen molar-refractivity contribution in [1.82, 2.24) is 0 Å². The zero-order chi connectivity index (χ0) is 17.3. The first-order chi connectivity index (χ1) is 8.83. The van der Waals surface area contributed by atoms with Crippen LogP contribution in [0.5, 0.6) is 0 Å². The Balaban J connectivity index is 5.70. The molecule has 0 amide bonds. The van der Waals surface area contributed by atoms with Crippen LogP contribution in [0.25, 0.3) is 0 Å². The average Bonchev–Trinajstić information content (AvgIpc) is 1.83. The van der Waals surface area contributed by atoms with Gasteiger partial charge in [-0.15, -0.1) is 0 Å². The summed E-state index contributed by atoms with van der Waals surface area (Å²) in [5.41, 5.74) is -1.58. The number of hydrogen-bond donors (Lipinski definition) is 0. The summed E-state index contributed by atoms with van der Waals surface area (Å²) in [5.74, 6) is 0. The van der Waals surface area contributed by atoms with Gasteiger partial charge >= 0.3 is 138 Å². The summed E-state index contributed by atoms with van der Waals surface area (Å²) in [5, 5.41) is 0. The molecule has 0 aliphatic heterocycles. The van der Waals surface area contributed by atoms with Gasteiger partial charge in [-0.05, 0) is 0 Å². The second-order valence-corrected chi connectivity index (χ2v) is 13.9. The fourth-order valence-electron chi connectivity index (χ4n) is 1.45. The van der Waals surface area contributed by atoms with E-state index in [9.17, 15) is 0 Å². The van der Waals surface area contributed by atoms with Gasteiger partial charge in [0.05, 0.1) is 0 Å². The van der Waals surface area contributed by atoms with Crippen molar-refractivity contribution in [1.29, 1.82) is 0 Å². The third kappa shape index (κ3) is 11.8. The molecule has 0 spiro atoms. The molecule has 1 radical (unpaired) electrons. The molecule has 21 heavy (non-hydrogen) atoms. The molecule has 0 aliphatic carbocycles. The van der Waals surface area contributed by atoms with E-state index in [1.165, 1.54) is 0 Å². The minimum absolute atomic E-state index is 0.395. The van der Waals surface area contributed by atoms with Gasteiger partial charge in [0.25, 0.3) is 0 Å². The van der Waals surface area contributed by atoms with Crippen LogP contribution in [0, 0.1) is 0 Å². The van der Waals surface area contributed by atoms with Crippen molar-refractivity contribution in [3.05, 3.63) is 0 Å². The molecule has 0 saturated heterocycles. The van der Waals surface area contributed by atoms with Crippen molar-refractivity contribution in [2.45, 2.75) is 105 Å². The van der Waals surface area contributed by atoms with Gasteiger partial charge in [0.2, 0.25) is 0 Å². The van der Waals surface area contributed by atoms with Gasteiger partial charge in [0.15, 0.2) is 0 Å². The Bertz CT molecular complexity index is 257. The summed E-state index contributed by atoms with van der Waals surface area (Å²) in [6.07, 6.45) is 0. The minimum atomic E-state index is -4.12. The van der Waals surface area contributed by atoms with E-state index >= 15 is 0 Å². The van der Waals surface area contributed by atoms with Crippen LogP contribution in [-0.4, -0.2) is 42.9 Å². The van der Waals surface area contributed by atoms with E-state index in [-0.39, 0.29) is 0 Å². The standard InChI is InChI=1S/4C4H9O.Sb/c4*1-4(2,3)5;/h4*1-3H3;/q4*-1;+4. The summed E-state index contributed by atoms with van der Waals surface area (Å²) in [6, 6.07) is 0. The molecule has 0 rings (SSSR count). The molecule has 129 valence electrons. The Morgan fingerprint density at radius 3 is 0.619 bits per heavy atom. The topological polar surface area (TPSA) is 36.9 Å². The van der Waals surface area contributed by atoms with E-state index in [1.54, 1.807) is 0 Å². The molecule has 0 unspecified atom stereocenters. The van der Waals surface area contributed by atoms with E-state index in [2.05, 4.69) is 0 Å². The number of hydrogen-bond acceptors (Lipinski definition) is 4. The first kappa shape index (κ1) is 21.7. The van der Waals surface area contributed by atoms with Crippen LogP contribution in [0.15, 0.2) is 0 Å². The van der Waals surface area contributed by atoms with Gasteiger partial charge in [-0.2, -0.15) is 0 Å². The van der Waals surface area contributed by atoms with Crippen molar-refractivity contribution < 1.29 is 12.1 Å². The van der Waals surface area contributed by atoms with E-state index in [0.29, 0.717) is 0 Å². The summed E-state index contributed by atoms with van der Waals surface area (Å²) >= 11 is -4.12. The molecule has 0 N–H and O–H groups in total. The summed E-state index contributed by atoms with van der Waals surface area (Å²) in [4.78, 5) is 0. The van der Waals surface area contributed by atoms with Crippen molar-refractivity contribution in [3.63, 3.8) is 0 Å². The SMILES string of the molecule is CC(C)(C)[O][Sb]([O]C(C)(C)C)([O]C(C)(C)C)[O]C(C)(C)C. The first-order valence-corrected chi connectivity index (χ1v) is 11.7. The Hall–Kier alpha value is 0.658. The Labute approximate surface area is 138 Å². The van der Waals surface area contributed by atoms with Crippen LogP contribution in [0.4, 0.5) is 0 Å². The molecule has 4 nitrogen and oxygen atoms in total. The predicted octanol–water partition coefficient (Wildman–Crippen LogP) is 4.68. The second kappa shape index (κ2) is 6.65. The van der Waals surface area contributed by atoms with E-state index < -0.39 is 42.9 Å². The van der Waals surface area contributed by atoms with Crippen LogP contribution >= 0.6 is 0 Å². The van der Waals surface area contributed by atoms with Gasteiger partial charge in [-0.1, -0.05) is 0 Å². The quantitative estimate of drug-likeness (QED) is 0.626. The Morgan fingerprint density at radius 2 is 0.524 bits per heavy atom. The molecule has 0 aromatic rings. The van der Waals surface area contributed by atoms with Crippen molar-refractivity contribution in [2.24, 2.45) is 0 Å².